The molecule has 0 unspecified atom stereocenters. The summed E-state index contributed by atoms with van der Waals surface area (Å²) >= 11 is 0. The van der Waals surface area contributed by atoms with Crippen LogP contribution >= 0.6 is 0 Å². The number of carbonyl (C=O) groups excluding carboxylic acids is 8. The highest BCUT2D eigenvalue weighted by Crippen LogP contribution is 2.29. The minimum absolute atomic E-state index is 0.0669. The Morgan fingerprint density at radius 3 is 1.49 bits per heavy atom. The molecular weight excluding hydrogens is 867 g/mol. The zero-order valence-electron chi connectivity index (χ0n) is 38.2. The van der Waals surface area contributed by atoms with Crippen LogP contribution in [0, 0.1) is 5.92 Å². The molecule has 0 aliphatic carbocycles. The van der Waals surface area contributed by atoms with Gasteiger partial charge in [-0.05, 0) is 34.6 Å². The van der Waals surface area contributed by atoms with Crippen molar-refractivity contribution < 1.29 is 66.8 Å². The maximum absolute atomic E-state index is 14.6. The molecule has 0 aromatic heterocycles. The first-order valence-corrected chi connectivity index (χ1v) is 21.6. The first-order valence-electron chi connectivity index (χ1n) is 21.6. The Morgan fingerprint density at radius 2 is 1.00 bits per heavy atom. The lowest BCUT2D eigenvalue weighted by atomic mass is 9.97. The first-order chi connectivity index (χ1) is 32.0. The van der Waals surface area contributed by atoms with E-state index in [4.69, 9.17) is 28.4 Å². The Labute approximate surface area is 389 Å². The van der Waals surface area contributed by atoms with E-state index in [1.807, 2.05) is 12.1 Å². The molecule has 0 bridgehead atoms. The average molecular weight is 924 g/mol. The molecule has 17 heteroatoms. The highest BCUT2D eigenvalue weighted by molar-refractivity contribution is 5.87. The minimum Gasteiger partial charge on any atom is -0.464 e. The summed E-state index contributed by atoms with van der Waals surface area (Å²) in [5.41, 5.74) is 2.48. The van der Waals surface area contributed by atoms with Gasteiger partial charge in [0.15, 0.2) is 18.3 Å². The molecular formula is C50H57N3O14. The van der Waals surface area contributed by atoms with Crippen LogP contribution in [0.25, 0.3) is 0 Å². The zero-order chi connectivity index (χ0) is 48.9. The highest BCUT2D eigenvalue weighted by Gasteiger charge is 2.47. The average Bonchev–Trinajstić information content (AvgIpc) is 3.29. The van der Waals surface area contributed by atoms with Crippen LogP contribution in [0.1, 0.15) is 88.8 Å². The Hall–Kier alpha value is -7.56. The van der Waals surface area contributed by atoms with E-state index < -0.39 is 103 Å². The summed E-state index contributed by atoms with van der Waals surface area (Å²) in [7, 11) is 0. The number of esters is 5. The summed E-state index contributed by atoms with van der Waals surface area (Å²) in [6.07, 6.45) is -8.23. The molecule has 0 aliphatic rings. The third kappa shape index (κ3) is 17.7. The Morgan fingerprint density at radius 1 is 0.507 bits per heavy atom. The van der Waals surface area contributed by atoms with Crippen LogP contribution in [0.2, 0.25) is 0 Å². The van der Waals surface area contributed by atoms with E-state index in [-0.39, 0.29) is 18.9 Å². The highest BCUT2D eigenvalue weighted by atomic mass is 16.6. The molecule has 0 fully saturated rings. The molecule has 0 heterocycles. The van der Waals surface area contributed by atoms with Crippen molar-refractivity contribution in [3.63, 3.8) is 0 Å². The molecule has 6 atom stereocenters. The molecule has 4 rings (SSSR count). The second kappa shape index (κ2) is 26.4. The summed E-state index contributed by atoms with van der Waals surface area (Å²) in [4.78, 5) is 106. The second-order valence-electron chi connectivity index (χ2n) is 15.9. The third-order valence-electron chi connectivity index (χ3n) is 9.84. The topological polar surface area (TPSA) is 228 Å². The number of carbonyl (C=O) groups is 8. The van der Waals surface area contributed by atoms with Gasteiger partial charge < -0.3 is 44.4 Å². The van der Waals surface area contributed by atoms with E-state index in [0.29, 0.717) is 22.3 Å². The minimum atomic E-state index is -2.14. The molecule has 356 valence electrons. The Kier molecular flexibility index (Phi) is 20.5. The van der Waals surface area contributed by atoms with Gasteiger partial charge in [0.25, 0.3) is 5.91 Å². The van der Waals surface area contributed by atoms with E-state index in [2.05, 4.69) is 16.0 Å². The summed E-state index contributed by atoms with van der Waals surface area (Å²) in [6.45, 7) is 6.75. The maximum atomic E-state index is 14.6. The van der Waals surface area contributed by atoms with Crippen molar-refractivity contribution >= 4 is 47.8 Å². The van der Waals surface area contributed by atoms with E-state index in [9.17, 15) is 38.4 Å². The number of alkyl carbamates (subject to hydrolysis) is 1. The Balaban J connectivity index is 1.70. The van der Waals surface area contributed by atoms with Gasteiger partial charge in [0.05, 0.1) is 12.5 Å². The third-order valence-corrected chi connectivity index (χ3v) is 9.84. The van der Waals surface area contributed by atoms with Gasteiger partial charge in [0.1, 0.15) is 25.3 Å². The molecule has 67 heavy (non-hydrogen) atoms. The SMILES string of the molecule is CC(=O)OC[C@H](NC(=O)[C@H](CC(C)C)NC(=O)OCc1ccccc1)[C@@H](OC(C)=O)[C@@H](OC(C)=O)[C@H](OC(C)=O)C(=O)N[C@@H](CC(=O)OC(c1ccccc1)c1ccccc1)c1ccccc1. The predicted molar refractivity (Wildman–Crippen MR) is 241 cm³/mol. The summed E-state index contributed by atoms with van der Waals surface area (Å²) in [5, 5.41) is 7.86. The Bertz CT molecular complexity index is 2220. The summed E-state index contributed by atoms with van der Waals surface area (Å²) in [5.74, 6) is -6.83. The van der Waals surface area contributed by atoms with Gasteiger partial charge in [-0.2, -0.15) is 0 Å². The van der Waals surface area contributed by atoms with Crippen molar-refractivity contribution in [2.75, 3.05) is 6.61 Å². The van der Waals surface area contributed by atoms with Gasteiger partial charge in [0, 0.05) is 27.7 Å². The van der Waals surface area contributed by atoms with Crippen LogP contribution in [0.4, 0.5) is 4.79 Å². The maximum Gasteiger partial charge on any atom is 0.408 e. The van der Waals surface area contributed by atoms with Gasteiger partial charge in [0.2, 0.25) is 12.0 Å². The number of hydrogen-bond acceptors (Lipinski definition) is 14. The van der Waals surface area contributed by atoms with Crippen molar-refractivity contribution in [3.05, 3.63) is 144 Å². The van der Waals surface area contributed by atoms with Crippen molar-refractivity contribution in [2.45, 2.75) is 104 Å². The lowest BCUT2D eigenvalue weighted by Gasteiger charge is -2.36. The fourth-order valence-corrected chi connectivity index (χ4v) is 6.95. The zero-order valence-corrected chi connectivity index (χ0v) is 38.2. The molecule has 0 saturated heterocycles. The molecule has 17 nitrogen and oxygen atoms in total. The number of amides is 3. The molecule has 0 spiro atoms. The molecule has 3 amide bonds. The molecule has 0 saturated carbocycles. The number of nitrogens with one attached hydrogen (secondary N) is 3. The van der Waals surface area contributed by atoms with Crippen LogP contribution in [0.5, 0.6) is 0 Å². The van der Waals surface area contributed by atoms with Gasteiger partial charge in [-0.1, -0.05) is 135 Å². The molecule has 0 radical (unpaired) electrons. The smallest absolute Gasteiger partial charge is 0.408 e. The number of ether oxygens (including phenoxy) is 6. The van der Waals surface area contributed by atoms with E-state index in [1.54, 1.807) is 123 Å². The van der Waals surface area contributed by atoms with Crippen molar-refractivity contribution in [1.29, 1.82) is 0 Å². The fourth-order valence-electron chi connectivity index (χ4n) is 6.95. The second-order valence-corrected chi connectivity index (χ2v) is 15.9. The van der Waals surface area contributed by atoms with Crippen molar-refractivity contribution in [1.82, 2.24) is 16.0 Å². The normalized spacial score (nSPS) is 13.6. The van der Waals surface area contributed by atoms with Crippen LogP contribution in [0.3, 0.4) is 0 Å². The number of hydrogen-bond donors (Lipinski definition) is 3. The van der Waals surface area contributed by atoms with Crippen LogP contribution in [0.15, 0.2) is 121 Å². The van der Waals surface area contributed by atoms with E-state index >= 15 is 0 Å². The summed E-state index contributed by atoms with van der Waals surface area (Å²) in [6, 6.07) is 31.2. The van der Waals surface area contributed by atoms with Gasteiger partial charge in [-0.3, -0.25) is 33.6 Å². The lowest BCUT2D eigenvalue weighted by molar-refractivity contribution is -0.190. The monoisotopic (exact) mass is 923 g/mol. The number of rotatable bonds is 23. The van der Waals surface area contributed by atoms with E-state index in [1.165, 1.54) is 0 Å². The van der Waals surface area contributed by atoms with Gasteiger partial charge >= 0.3 is 35.9 Å². The lowest BCUT2D eigenvalue weighted by Crippen LogP contribution is -2.62. The fraction of sp³-hybridized carbons (Fsp3) is 0.360. The van der Waals surface area contributed by atoms with E-state index in [0.717, 1.165) is 27.7 Å². The molecule has 0 aliphatic heterocycles. The van der Waals surface area contributed by atoms with Crippen LogP contribution < -0.4 is 16.0 Å². The molecule has 4 aromatic carbocycles. The molecule has 4 aromatic rings. The van der Waals surface area contributed by atoms with Crippen molar-refractivity contribution in [2.24, 2.45) is 5.92 Å². The van der Waals surface area contributed by atoms with Gasteiger partial charge in [-0.25, -0.2) is 4.79 Å². The summed E-state index contributed by atoms with van der Waals surface area (Å²) < 4.78 is 33.5. The standard InChI is InChI=1S/C50H57N3O14/c1-31(2)27-41(53-50(61)63-29-36-19-11-7-12-20-36)48(59)52-42(30-62-32(3)54)45(64-33(4)55)46(65-34(5)56)47(66-35(6)57)49(60)51-40(37-21-13-8-14-22-37)28-43(58)67-44(38-23-15-9-16-24-38)39-25-17-10-18-26-39/h7-26,31,40-42,44-47H,27-30H2,1-6H3,(H,51,60)(H,52,59)(H,53,61)/t40-,41-,42-,45+,46+,47-/m0/s1. The number of benzene rings is 4. The molecule has 3 N–H and O–H groups in total. The first kappa shape index (κ1) is 52.1. The van der Waals surface area contributed by atoms with Gasteiger partial charge in [-0.15, -0.1) is 0 Å². The largest absolute Gasteiger partial charge is 0.464 e. The van der Waals surface area contributed by atoms with Crippen molar-refractivity contribution in [3.8, 4) is 0 Å². The van der Waals surface area contributed by atoms with Crippen LogP contribution in [-0.2, 0) is 68.6 Å². The quantitative estimate of drug-likeness (QED) is 0.0595. The van der Waals surface area contributed by atoms with Crippen LogP contribution in [-0.4, -0.2) is 84.8 Å². The predicted octanol–water partition coefficient (Wildman–Crippen LogP) is 5.75.